The van der Waals surface area contributed by atoms with Crippen LogP contribution in [0, 0.1) is 0 Å². The van der Waals surface area contributed by atoms with Crippen LogP contribution in [0.5, 0.6) is 11.5 Å². The average Bonchev–Trinajstić information content (AvgIpc) is 2.69. The van der Waals surface area contributed by atoms with Crippen LogP contribution in [0.2, 0.25) is 0 Å². The molecule has 0 saturated carbocycles. The molecule has 3 aromatic carbocycles. The van der Waals surface area contributed by atoms with Gasteiger partial charge in [-0.15, -0.1) is 0 Å². The monoisotopic (exact) mass is 362 g/mol. The van der Waals surface area contributed by atoms with Crippen molar-refractivity contribution in [2.75, 3.05) is 6.61 Å². The van der Waals surface area contributed by atoms with Crippen molar-refractivity contribution in [1.29, 1.82) is 0 Å². The molecule has 0 aliphatic heterocycles. The molecule has 0 aliphatic carbocycles. The van der Waals surface area contributed by atoms with E-state index in [4.69, 9.17) is 4.74 Å². The molecule has 0 bridgehead atoms. The number of carbonyl (C=O) groups is 1. The van der Waals surface area contributed by atoms with Gasteiger partial charge in [0.1, 0.15) is 11.5 Å². The van der Waals surface area contributed by atoms with Crippen molar-refractivity contribution in [3.05, 3.63) is 71.8 Å². The Morgan fingerprint density at radius 1 is 1.11 bits per heavy atom. The van der Waals surface area contributed by atoms with Crippen molar-refractivity contribution in [3.8, 4) is 11.5 Å². The van der Waals surface area contributed by atoms with Crippen LogP contribution < -0.4 is 10.2 Å². The molecule has 138 valence electrons. The third kappa shape index (κ3) is 4.85. The van der Waals surface area contributed by atoms with E-state index in [-0.39, 0.29) is 18.3 Å². The topological polar surface area (TPSA) is 70.9 Å². The SMILES string of the molecule is CCCc1ccc(OCC(=O)N/N=C\c2c(O)ccc3ccccc23)cc1. The Hall–Kier alpha value is -3.34. The fourth-order valence-electron chi connectivity index (χ4n) is 2.81. The van der Waals surface area contributed by atoms with E-state index in [0.29, 0.717) is 11.3 Å². The fraction of sp³-hybridized carbons (Fsp3) is 0.182. The van der Waals surface area contributed by atoms with Crippen LogP contribution in [0.25, 0.3) is 10.8 Å². The number of aromatic hydroxyl groups is 1. The standard InChI is InChI=1S/C22H22N2O3/c1-2-5-16-8-11-18(12-9-16)27-15-22(26)24-23-14-20-19-7-4-3-6-17(19)10-13-21(20)25/h3-4,6-14,25H,2,5,15H2,1H3,(H,24,26)/b23-14-. The Morgan fingerprint density at radius 3 is 2.67 bits per heavy atom. The molecule has 0 aliphatic rings. The Labute approximate surface area is 158 Å². The van der Waals surface area contributed by atoms with E-state index in [9.17, 15) is 9.90 Å². The second kappa shape index (κ2) is 8.85. The Balaban J connectivity index is 1.57. The summed E-state index contributed by atoms with van der Waals surface area (Å²) >= 11 is 0. The number of aryl methyl sites for hydroxylation is 1. The summed E-state index contributed by atoms with van der Waals surface area (Å²) in [7, 11) is 0. The maximum Gasteiger partial charge on any atom is 0.277 e. The number of fused-ring (bicyclic) bond motifs is 1. The number of nitrogens with one attached hydrogen (secondary N) is 1. The van der Waals surface area contributed by atoms with Gasteiger partial charge in [0.05, 0.1) is 6.21 Å². The third-order valence-corrected chi connectivity index (χ3v) is 4.16. The van der Waals surface area contributed by atoms with E-state index < -0.39 is 0 Å². The smallest absolute Gasteiger partial charge is 0.277 e. The molecule has 0 saturated heterocycles. The molecule has 1 amide bonds. The fourth-order valence-corrected chi connectivity index (χ4v) is 2.81. The van der Waals surface area contributed by atoms with Gasteiger partial charge in [-0.2, -0.15) is 5.10 Å². The summed E-state index contributed by atoms with van der Waals surface area (Å²) in [5.41, 5.74) is 4.22. The number of hydrogen-bond donors (Lipinski definition) is 2. The zero-order valence-electron chi connectivity index (χ0n) is 15.2. The molecule has 0 atom stereocenters. The number of carbonyl (C=O) groups excluding carboxylic acids is 1. The van der Waals surface area contributed by atoms with E-state index >= 15 is 0 Å². The van der Waals surface area contributed by atoms with Crippen LogP contribution in [-0.2, 0) is 11.2 Å². The number of benzene rings is 3. The molecule has 27 heavy (non-hydrogen) atoms. The average molecular weight is 362 g/mol. The maximum absolute atomic E-state index is 11.9. The molecule has 0 aromatic heterocycles. The summed E-state index contributed by atoms with van der Waals surface area (Å²) in [5, 5.41) is 15.8. The lowest BCUT2D eigenvalue weighted by atomic mass is 10.0. The van der Waals surface area contributed by atoms with Crippen molar-refractivity contribution < 1.29 is 14.6 Å². The van der Waals surface area contributed by atoms with Gasteiger partial charge in [0.2, 0.25) is 0 Å². The highest BCUT2D eigenvalue weighted by Gasteiger charge is 2.05. The largest absolute Gasteiger partial charge is 0.507 e. The zero-order chi connectivity index (χ0) is 19.1. The quantitative estimate of drug-likeness (QED) is 0.492. The highest BCUT2D eigenvalue weighted by molar-refractivity contribution is 6.02. The molecule has 0 radical (unpaired) electrons. The number of hydrazone groups is 1. The Morgan fingerprint density at radius 2 is 1.89 bits per heavy atom. The highest BCUT2D eigenvalue weighted by Crippen LogP contribution is 2.25. The predicted octanol–water partition coefficient (Wildman–Crippen LogP) is 4.03. The van der Waals surface area contributed by atoms with Gasteiger partial charge in [0.15, 0.2) is 6.61 Å². The summed E-state index contributed by atoms with van der Waals surface area (Å²) < 4.78 is 5.46. The summed E-state index contributed by atoms with van der Waals surface area (Å²) in [5.74, 6) is 0.374. The van der Waals surface area contributed by atoms with Crippen molar-refractivity contribution >= 4 is 22.9 Å². The maximum atomic E-state index is 11.9. The summed E-state index contributed by atoms with van der Waals surface area (Å²) in [4.78, 5) is 11.9. The van der Waals surface area contributed by atoms with Gasteiger partial charge in [0.25, 0.3) is 5.91 Å². The van der Waals surface area contributed by atoms with Crippen LogP contribution in [-0.4, -0.2) is 23.8 Å². The van der Waals surface area contributed by atoms with Crippen molar-refractivity contribution in [2.24, 2.45) is 5.10 Å². The first kappa shape index (κ1) is 18.5. The van der Waals surface area contributed by atoms with Crippen LogP contribution in [0.1, 0.15) is 24.5 Å². The van der Waals surface area contributed by atoms with E-state index in [1.54, 1.807) is 6.07 Å². The van der Waals surface area contributed by atoms with Gasteiger partial charge >= 0.3 is 0 Å². The number of hydrogen-bond acceptors (Lipinski definition) is 4. The number of ether oxygens (including phenoxy) is 1. The van der Waals surface area contributed by atoms with E-state index in [0.717, 1.165) is 23.6 Å². The van der Waals surface area contributed by atoms with E-state index in [1.165, 1.54) is 11.8 Å². The van der Waals surface area contributed by atoms with Crippen molar-refractivity contribution in [2.45, 2.75) is 19.8 Å². The van der Waals surface area contributed by atoms with Gasteiger partial charge in [-0.25, -0.2) is 5.43 Å². The number of phenolic OH excluding ortho intramolecular Hbond substituents is 1. The van der Waals surface area contributed by atoms with Gasteiger partial charge < -0.3 is 9.84 Å². The first-order valence-corrected chi connectivity index (χ1v) is 8.91. The number of amides is 1. The van der Waals surface area contributed by atoms with Gasteiger partial charge in [0, 0.05) is 5.56 Å². The second-order valence-corrected chi connectivity index (χ2v) is 6.20. The van der Waals surface area contributed by atoms with Gasteiger partial charge in [-0.05, 0) is 41.0 Å². The normalized spacial score (nSPS) is 11.0. The summed E-state index contributed by atoms with van der Waals surface area (Å²) in [6.45, 7) is 2.00. The van der Waals surface area contributed by atoms with Crippen LogP contribution in [0.4, 0.5) is 0 Å². The van der Waals surface area contributed by atoms with Crippen LogP contribution in [0.3, 0.4) is 0 Å². The molecular formula is C22H22N2O3. The molecule has 0 spiro atoms. The first-order valence-electron chi connectivity index (χ1n) is 8.91. The molecule has 3 aromatic rings. The number of phenols is 1. The van der Waals surface area contributed by atoms with E-state index in [2.05, 4.69) is 17.5 Å². The Kier molecular flexibility index (Phi) is 6.05. The minimum Gasteiger partial charge on any atom is -0.507 e. The molecule has 5 heteroatoms. The first-order chi connectivity index (χ1) is 13.2. The molecule has 0 heterocycles. The molecule has 0 unspecified atom stereocenters. The highest BCUT2D eigenvalue weighted by atomic mass is 16.5. The van der Waals surface area contributed by atoms with Crippen LogP contribution in [0.15, 0.2) is 65.8 Å². The lowest BCUT2D eigenvalue weighted by molar-refractivity contribution is -0.123. The molecule has 5 nitrogen and oxygen atoms in total. The minimum absolute atomic E-state index is 0.107. The number of rotatable bonds is 7. The lowest BCUT2D eigenvalue weighted by Crippen LogP contribution is -2.24. The molecular weight excluding hydrogens is 340 g/mol. The second-order valence-electron chi connectivity index (χ2n) is 6.20. The molecule has 3 rings (SSSR count). The van der Waals surface area contributed by atoms with Crippen LogP contribution >= 0.6 is 0 Å². The lowest BCUT2D eigenvalue weighted by Gasteiger charge is -2.07. The van der Waals surface area contributed by atoms with E-state index in [1.807, 2.05) is 54.6 Å². The Bertz CT molecular complexity index is 949. The predicted molar refractivity (Wildman–Crippen MR) is 107 cm³/mol. The molecule has 2 N–H and O–H groups in total. The third-order valence-electron chi connectivity index (χ3n) is 4.16. The molecule has 0 fully saturated rings. The number of nitrogens with zero attached hydrogens (tertiary/aromatic N) is 1. The summed E-state index contributed by atoms with van der Waals surface area (Å²) in [6.07, 6.45) is 3.55. The van der Waals surface area contributed by atoms with Crippen molar-refractivity contribution in [3.63, 3.8) is 0 Å². The summed E-state index contributed by atoms with van der Waals surface area (Å²) in [6, 6.07) is 18.8. The minimum atomic E-state index is -0.372. The van der Waals surface area contributed by atoms with Gasteiger partial charge in [-0.1, -0.05) is 55.8 Å². The zero-order valence-corrected chi connectivity index (χ0v) is 15.2. The van der Waals surface area contributed by atoms with Gasteiger partial charge in [-0.3, -0.25) is 4.79 Å². The van der Waals surface area contributed by atoms with Crippen molar-refractivity contribution in [1.82, 2.24) is 5.43 Å².